The fourth-order valence-electron chi connectivity index (χ4n) is 1.91. The van der Waals surface area contributed by atoms with Gasteiger partial charge in [-0.05, 0) is 13.3 Å². The van der Waals surface area contributed by atoms with E-state index >= 15 is 0 Å². The molecule has 2 amide bonds. The highest BCUT2D eigenvalue weighted by Gasteiger charge is 2.26. The minimum Gasteiger partial charge on any atom is -0.352 e. The van der Waals surface area contributed by atoms with Crippen molar-refractivity contribution in [3.8, 4) is 0 Å². The lowest BCUT2D eigenvalue weighted by Crippen LogP contribution is -2.41. The summed E-state index contributed by atoms with van der Waals surface area (Å²) < 4.78 is 1.09. The van der Waals surface area contributed by atoms with Crippen molar-refractivity contribution in [2.75, 3.05) is 17.7 Å². The lowest BCUT2D eigenvalue weighted by Gasteiger charge is -2.24. The molecule has 114 valence electrons. The van der Waals surface area contributed by atoms with Gasteiger partial charge in [-0.25, -0.2) is 4.68 Å². The molecule has 0 saturated carbocycles. The lowest BCUT2D eigenvalue weighted by atomic mass is 10.2. The molecule has 1 N–H and O–H groups in total. The second-order valence-electron chi connectivity index (χ2n) is 4.94. The number of amides is 2. The number of fused-ring (bicyclic) bond motifs is 1. The molecule has 0 aliphatic carbocycles. The van der Waals surface area contributed by atoms with Crippen molar-refractivity contribution in [2.24, 2.45) is 0 Å². The first-order valence-electron chi connectivity index (χ1n) is 6.72. The summed E-state index contributed by atoms with van der Waals surface area (Å²) >= 11 is 1.29. The van der Waals surface area contributed by atoms with Gasteiger partial charge in [0.05, 0.1) is 16.8 Å². The van der Waals surface area contributed by atoms with Gasteiger partial charge in [0.25, 0.3) is 5.56 Å². The Kier molecular flexibility index (Phi) is 4.66. The number of hydrogen-bond acceptors (Lipinski definition) is 5. The summed E-state index contributed by atoms with van der Waals surface area (Å²) in [5, 5.41) is 6.79. The maximum atomic E-state index is 12.4. The monoisotopic (exact) mass is 310 g/mol. The summed E-state index contributed by atoms with van der Waals surface area (Å²) in [6, 6.07) is 0.0469. The number of carbonyl (C=O) groups is 2. The quantitative estimate of drug-likeness (QED) is 0.860. The van der Waals surface area contributed by atoms with Crippen LogP contribution in [0.4, 0.5) is 5.69 Å². The molecule has 0 bridgehead atoms. The van der Waals surface area contributed by atoms with E-state index in [2.05, 4.69) is 10.4 Å². The van der Waals surface area contributed by atoms with Crippen LogP contribution < -0.4 is 15.8 Å². The summed E-state index contributed by atoms with van der Waals surface area (Å²) in [6.45, 7) is 3.71. The first-order valence-corrected chi connectivity index (χ1v) is 7.71. The number of aromatic nitrogens is 2. The van der Waals surface area contributed by atoms with E-state index in [0.29, 0.717) is 16.3 Å². The summed E-state index contributed by atoms with van der Waals surface area (Å²) in [7, 11) is 1.56. The second-order valence-corrected chi connectivity index (χ2v) is 5.96. The van der Waals surface area contributed by atoms with E-state index in [-0.39, 0.29) is 24.4 Å². The number of anilines is 1. The van der Waals surface area contributed by atoms with Gasteiger partial charge in [-0.3, -0.25) is 14.4 Å². The van der Waals surface area contributed by atoms with Crippen LogP contribution in [0.15, 0.2) is 15.9 Å². The van der Waals surface area contributed by atoms with Crippen molar-refractivity contribution in [1.82, 2.24) is 15.1 Å². The Morgan fingerprint density at radius 3 is 2.90 bits per heavy atom. The summed E-state index contributed by atoms with van der Waals surface area (Å²) in [4.78, 5) is 37.9. The zero-order valence-corrected chi connectivity index (χ0v) is 13.1. The maximum Gasteiger partial charge on any atom is 0.292 e. The lowest BCUT2D eigenvalue weighted by molar-refractivity contribution is -0.122. The first kappa shape index (κ1) is 15.6. The van der Waals surface area contributed by atoms with E-state index in [1.807, 2.05) is 13.8 Å². The van der Waals surface area contributed by atoms with Gasteiger partial charge < -0.3 is 10.2 Å². The molecule has 0 aromatic carbocycles. The zero-order chi connectivity index (χ0) is 15.6. The summed E-state index contributed by atoms with van der Waals surface area (Å²) in [6.07, 6.45) is 2.34. The molecule has 1 aromatic heterocycles. The molecule has 1 aromatic rings. The Labute approximate surface area is 126 Å². The molecule has 0 radical (unpaired) electrons. The highest BCUT2D eigenvalue weighted by Crippen LogP contribution is 2.30. The molecule has 1 atom stereocenters. The van der Waals surface area contributed by atoms with Crippen LogP contribution in [-0.4, -0.2) is 40.4 Å². The predicted octanol–water partition coefficient (Wildman–Crippen LogP) is 0.226. The number of rotatable bonds is 4. The first-order chi connectivity index (χ1) is 9.93. The van der Waals surface area contributed by atoms with Crippen molar-refractivity contribution in [1.29, 1.82) is 0 Å². The third kappa shape index (κ3) is 3.26. The molecule has 0 fully saturated rings. The van der Waals surface area contributed by atoms with Crippen LogP contribution in [0.3, 0.4) is 0 Å². The molecule has 2 heterocycles. The molecule has 7 nitrogen and oxygen atoms in total. The molecule has 0 saturated heterocycles. The minimum absolute atomic E-state index is 0.0469. The number of hydrogen-bond donors (Lipinski definition) is 1. The van der Waals surface area contributed by atoms with E-state index in [0.717, 1.165) is 11.1 Å². The molecular weight excluding hydrogens is 292 g/mol. The highest BCUT2D eigenvalue weighted by molar-refractivity contribution is 8.00. The van der Waals surface area contributed by atoms with Crippen molar-refractivity contribution in [3.63, 3.8) is 0 Å². The standard InChI is InChI=1S/C13H18N4O3S/c1-4-8(2)15-10(18)6-17-13(20)12-9(5-14-17)21-7-11(19)16(12)3/h5,8H,4,6-7H2,1-3H3,(H,15,18)/t8-/m1/s1. The van der Waals surface area contributed by atoms with Crippen LogP contribution in [0.5, 0.6) is 0 Å². The normalized spacial score (nSPS) is 15.6. The van der Waals surface area contributed by atoms with Gasteiger partial charge in [0, 0.05) is 13.1 Å². The Morgan fingerprint density at radius 1 is 1.52 bits per heavy atom. The van der Waals surface area contributed by atoms with Crippen molar-refractivity contribution in [3.05, 3.63) is 16.6 Å². The average Bonchev–Trinajstić information content (AvgIpc) is 2.45. The molecule has 2 rings (SSSR count). The summed E-state index contributed by atoms with van der Waals surface area (Å²) in [5.74, 6) is -0.105. The van der Waals surface area contributed by atoms with Crippen molar-refractivity contribution in [2.45, 2.75) is 37.8 Å². The van der Waals surface area contributed by atoms with E-state index in [1.54, 1.807) is 7.05 Å². The molecule has 1 aliphatic heterocycles. The van der Waals surface area contributed by atoms with E-state index in [1.165, 1.54) is 22.9 Å². The molecule has 21 heavy (non-hydrogen) atoms. The molecule has 0 spiro atoms. The SMILES string of the molecule is CC[C@@H](C)NC(=O)Cn1ncc2c(c1=O)N(C)C(=O)CS2. The van der Waals surface area contributed by atoms with Gasteiger partial charge in [-0.1, -0.05) is 6.92 Å². The van der Waals surface area contributed by atoms with E-state index in [4.69, 9.17) is 0 Å². The Hall–Kier alpha value is -1.83. The van der Waals surface area contributed by atoms with Crippen LogP contribution >= 0.6 is 11.8 Å². The van der Waals surface area contributed by atoms with E-state index < -0.39 is 5.56 Å². The summed E-state index contributed by atoms with van der Waals surface area (Å²) in [5.41, 5.74) is -0.127. The van der Waals surface area contributed by atoms with Crippen LogP contribution in [0.1, 0.15) is 20.3 Å². The third-order valence-electron chi connectivity index (χ3n) is 3.36. The number of nitrogens with zero attached hydrogens (tertiary/aromatic N) is 3. The highest BCUT2D eigenvalue weighted by atomic mass is 32.2. The average molecular weight is 310 g/mol. The van der Waals surface area contributed by atoms with Gasteiger partial charge in [0.15, 0.2) is 0 Å². The number of carbonyl (C=O) groups excluding carboxylic acids is 2. The Morgan fingerprint density at radius 2 is 2.24 bits per heavy atom. The van der Waals surface area contributed by atoms with Gasteiger partial charge in [0.1, 0.15) is 12.2 Å². The van der Waals surface area contributed by atoms with Crippen molar-refractivity contribution < 1.29 is 9.59 Å². The topological polar surface area (TPSA) is 84.3 Å². The van der Waals surface area contributed by atoms with Gasteiger partial charge >= 0.3 is 0 Å². The Balaban J connectivity index is 2.25. The fraction of sp³-hybridized carbons (Fsp3) is 0.538. The molecule has 8 heteroatoms. The van der Waals surface area contributed by atoms with Crippen molar-refractivity contribution >= 4 is 29.3 Å². The number of nitrogens with one attached hydrogen (secondary N) is 1. The van der Waals surface area contributed by atoms with Gasteiger partial charge in [-0.15, -0.1) is 11.8 Å². The third-order valence-corrected chi connectivity index (χ3v) is 4.36. The predicted molar refractivity (Wildman–Crippen MR) is 80.5 cm³/mol. The van der Waals surface area contributed by atoms with Gasteiger partial charge in [0.2, 0.25) is 11.8 Å². The Bertz CT molecular complexity index is 628. The van der Waals surface area contributed by atoms with Crippen LogP contribution in [0.25, 0.3) is 0 Å². The van der Waals surface area contributed by atoms with Crippen LogP contribution in [0, 0.1) is 0 Å². The smallest absolute Gasteiger partial charge is 0.292 e. The molecule has 1 aliphatic rings. The zero-order valence-electron chi connectivity index (χ0n) is 12.3. The second kappa shape index (κ2) is 6.30. The molecule has 0 unspecified atom stereocenters. The maximum absolute atomic E-state index is 12.4. The largest absolute Gasteiger partial charge is 0.352 e. The number of thioether (sulfide) groups is 1. The van der Waals surface area contributed by atoms with Gasteiger partial charge in [-0.2, -0.15) is 5.10 Å². The van der Waals surface area contributed by atoms with Crippen LogP contribution in [0.2, 0.25) is 0 Å². The van der Waals surface area contributed by atoms with E-state index in [9.17, 15) is 14.4 Å². The minimum atomic E-state index is -0.421. The van der Waals surface area contributed by atoms with Crippen LogP contribution in [-0.2, 0) is 16.1 Å². The fourth-order valence-corrected chi connectivity index (χ4v) is 2.87. The molecular formula is C13H18N4O3S.